The Labute approximate surface area is 200 Å². The fourth-order valence-corrected chi connectivity index (χ4v) is 5.03. The molecular formula is C18H24N5O12P. The molecule has 0 radical (unpaired) electrons. The topological polar surface area (TPSA) is 262 Å². The fraction of sp³-hybridized carbons (Fsp3) is 0.556. The summed E-state index contributed by atoms with van der Waals surface area (Å²) < 4.78 is 30.0. The maximum Gasteiger partial charge on any atom is 0.469 e. The minimum absolute atomic E-state index is 0.128. The van der Waals surface area contributed by atoms with Crippen LogP contribution in [-0.2, 0) is 18.6 Å². The quantitative estimate of drug-likeness (QED) is 0.169. The Hall–Kier alpha value is -2.73. The summed E-state index contributed by atoms with van der Waals surface area (Å²) in [5.41, 5.74) is 3.03. The number of nitrogens with one attached hydrogen (secondary N) is 1. The van der Waals surface area contributed by atoms with E-state index in [4.69, 9.17) is 19.7 Å². The van der Waals surface area contributed by atoms with E-state index in [2.05, 4.69) is 4.98 Å². The van der Waals surface area contributed by atoms with Crippen molar-refractivity contribution in [3.63, 3.8) is 0 Å². The predicted octanol–water partition coefficient (Wildman–Crippen LogP) is -3.63. The molecule has 0 spiro atoms. The number of phosphoric ester groups is 1. The van der Waals surface area contributed by atoms with Gasteiger partial charge in [0.2, 0.25) is 0 Å². The van der Waals surface area contributed by atoms with E-state index < -0.39 is 80.3 Å². The number of nitrogen functional groups attached to an aromatic ring is 1. The third-order valence-electron chi connectivity index (χ3n) is 5.98. The van der Waals surface area contributed by atoms with E-state index in [1.165, 1.54) is 6.07 Å². The molecule has 4 rings (SSSR count). The third kappa shape index (κ3) is 5.19. The first-order chi connectivity index (χ1) is 16.9. The lowest BCUT2D eigenvalue weighted by Gasteiger charge is -2.34. The van der Waals surface area contributed by atoms with Crippen LogP contribution >= 0.6 is 7.82 Å². The number of nitrogens with zero attached hydrogens (tertiary/aromatic N) is 3. The Kier molecular flexibility index (Phi) is 7.29. The summed E-state index contributed by atoms with van der Waals surface area (Å²) in [4.78, 5) is 60.8. The van der Waals surface area contributed by atoms with Crippen molar-refractivity contribution in [2.24, 2.45) is 5.92 Å². The number of phosphoric acid groups is 1. The Balaban J connectivity index is 1.75. The molecule has 2 aromatic rings. The highest BCUT2D eigenvalue weighted by Gasteiger charge is 2.56. The highest BCUT2D eigenvalue weighted by Crippen LogP contribution is 2.48. The molecule has 0 aliphatic carbocycles. The van der Waals surface area contributed by atoms with Gasteiger partial charge in [-0.25, -0.2) is 14.2 Å². The van der Waals surface area contributed by atoms with Gasteiger partial charge in [-0.3, -0.25) is 23.4 Å². The lowest BCUT2D eigenvalue weighted by Crippen LogP contribution is -2.48. The molecule has 198 valence electrons. The largest absolute Gasteiger partial charge is 0.469 e. The molecule has 2 fully saturated rings. The molecule has 17 nitrogen and oxygen atoms in total. The molecule has 4 heterocycles. The van der Waals surface area contributed by atoms with Crippen molar-refractivity contribution in [1.82, 2.24) is 19.1 Å². The molecule has 0 amide bonds. The molecule has 8 N–H and O–H groups in total. The van der Waals surface area contributed by atoms with Crippen molar-refractivity contribution in [2.75, 3.05) is 12.3 Å². The van der Waals surface area contributed by atoms with Crippen molar-refractivity contribution >= 4 is 13.6 Å². The molecule has 2 saturated heterocycles. The molecule has 0 bridgehead atoms. The second-order valence-corrected chi connectivity index (χ2v) is 9.49. The molecule has 2 aromatic heterocycles. The van der Waals surface area contributed by atoms with Crippen LogP contribution in [0.4, 0.5) is 5.82 Å². The zero-order valence-corrected chi connectivity index (χ0v) is 19.2. The minimum atomic E-state index is -5.31. The standard InChI is InChI=1S/C18H24N5O12P/c19-9-1-3-23(17(28)20-9)16-12(13(27)8(6-24)33-16)15(35-36(30,31)32)14-7(25)5-11(34-14)22-4-2-10(26)21-18(22)29/h1-4,7-8,11-16,24-25,27H,5-6H2,(H2,19,20,28)(H,21,26,29)(H2,30,31,32). The zero-order valence-electron chi connectivity index (χ0n) is 18.3. The summed E-state index contributed by atoms with van der Waals surface area (Å²) in [5.74, 6) is -1.62. The average molecular weight is 533 g/mol. The van der Waals surface area contributed by atoms with Crippen LogP contribution in [0.5, 0.6) is 0 Å². The highest BCUT2D eigenvalue weighted by atomic mass is 31.2. The lowest BCUT2D eigenvalue weighted by molar-refractivity contribution is -0.124. The van der Waals surface area contributed by atoms with Crippen molar-refractivity contribution in [3.05, 3.63) is 55.8 Å². The van der Waals surface area contributed by atoms with E-state index in [1.807, 2.05) is 4.98 Å². The first-order valence-corrected chi connectivity index (χ1v) is 12.1. The molecule has 36 heavy (non-hydrogen) atoms. The Morgan fingerprint density at radius 1 is 1.19 bits per heavy atom. The number of ether oxygens (including phenoxy) is 2. The van der Waals surface area contributed by atoms with E-state index in [0.717, 1.165) is 27.6 Å². The number of hydrogen-bond acceptors (Lipinski definition) is 12. The van der Waals surface area contributed by atoms with Gasteiger partial charge in [0.25, 0.3) is 5.56 Å². The predicted molar refractivity (Wildman–Crippen MR) is 116 cm³/mol. The fourth-order valence-electron chi connectivity index (χ4n) is 4.45. The Morgan fingerprint density at radius 2 is 1.89 bits per heavy atom. The van der Waals surface area contributed by atoms with E-state index in [1.54, 1.807) is 0 Å². The maximum absolute atomic E-state index is 12.5. The number of H-pyrrole nitrogens is 1. The third-order valence-corrected chi connectivity index (χ3v) is 6.50. The van der Waals surface area contributed by atoms with Gasteiger partial charge < -0.3 is 40.3 Å². The molecular weight excluding hydrogens is 509 g/mol. The van der Waals surface area contributed by atoms with Crippen LogP contribution in [0.15, 0.2) is 38.9 Å². The normalized spacial score (nSPS) is 31.5. The first-order valence-electron chi connectivity index (χ1n) is 10.6. The summed E-state index contributed by atoms with van der Waals surface area (Å²) in [6, 6.07) is 2.27. The second-order valence-electron chi connectivity index (χ2n) is 8.29. The Morgan fingerprint density at radius 3 is 2.50 bits per heavy atom. The van der Waals surface area contributed by atoms with Crippen LogP contribution in [0, 0.1) is 5.92 Å². The van der Waals surface area contributed by atoms with Gasteiger partial charge in [0, 0.05) is 24.9 Å². The van der Waals surface area contributed by atoms with Crippen molar-refractivity contribution in [3.8, 4) is 0 Å². The zero-order chi connectivity index (χ0) is 26.4. The first kappa shape index (κ1) is 26.3. The number of aliphatic hydroxyl groups excluding tert-OH is 3. The summed E-state index contributed by atoms with van der Waals surface area (Å²) in [6.07, 6.45) is -8.53. The smallest absolute Gasteiger partial charge is 0.394 e. The molecule has 8 atom stereocenters. The van der Waals surface area contributed by atoms with E-state index in [-0.39, 0.29) is 12.2 Å². The number of aromatic amines is 1. The second kappa shape index (κ2) is 9.97. The summed E-state index contributed by atoms with van der Waals surface area (Å²) in [5, 5.41) is 31.3. The summed E-state index contributed by atoms with van der Waals surface area (Å²) in [7, 11) is -5.31. The number of rotatable bonds is 7. The number of aromatic nitrogens is 4. The van der Waals surface area contributed by atoms with Gasteiger partial charge in [-0.05, 0) is 6.07 Å². The summed E-state index contributed by atoms with van der Waals surface area (Å²) in [6.45, 7) is -0.739. The van der Waals surface area contributed by atoms with Gasteiger partial charge in [-0.15, -0.1) is 0 Å². The van der Waals surface area contributed by atoms with Gasteiger partial charge >= 0.3 is 19.2 Å². The van der Waals surface area contributed by atoms with E-state index in [9.17, 15) is 44.1 Å². The van der Waals surface area contributed by atoms with Gasteiger partial charge in [-0.2, -0.15) is 4.98 Å². The maximum atomic E-state index is 12.5. The van der Waals surface area contributed by atoms with Crippen LogP contribution in [0.25, 0.3) is 0 Å². The molecule has 0 aromatic carbocycles. The number of anilines is 1. The van der Waals surface area contributed by atoms with E-state index >= 15 is 0 Å². The monoisotopic (exact) mass is 533 g/mol. The molecule has 2 aliphatic heterocycles. The highest BCUT2D eigenvalue weighted by molar-refractivity contribution is 7.46. The van der Waals surface area contributed by atoms with Crippen LogP contribution in [0.2, 0.25) is 0 Å². The SMILES string of the molecule is Nc1ccn(C2OC(CO)C(O)C2C(OP(=O)(O)O)C2OC(n3ccc(=O)[nH]c3=O)CC2O)c(=O)n1. The van der Waals surface area contributed by atoms with Crippen molar-refractivity contribution in [2.45, 2.75) is 49.4 Å². The molecule has 18 heteroatoms. The van der Waals surface area contributed by atoms with Crippen molar-refractivity contribution < 1.29 is 43.7 Å². The molecule has 2 aliphatic rings. The van der Waals surface area contributed by atoms with Gasteiger partial charge in [0.15, 0.2) is 0 Å². The number of hydrogen-bond donors (Lipinski definition) is 7. The minimum Gasteiger partial charge on any atom is -0.394 e. The average Bonchev–Trinajstić information content (AvgIpc) is 3.31. The number of nitrogens with two attached hydrogens (primary N) is 1. The van der Waals surface area contributed by atoms with Gasteiger partial charge in [0.1, 0.15) is 36.6 Å². The van der Waals surface area contributed by atoms with Crippen LogP contribution in [0.1, 0.15) is 18.9 Å². The van der Waals surface area contributed by atoms with Crippen LogP contribution in [-0.4, -0.2) is 81.3 Å². The van der Waals surface area contributed by atoms with Gasteiger partial charge in [0.05, 0.1) is 24.7 Å². The lowest BCUT2D eigenvalue weighted by atomic mass is 9.88. The van der Waals surface area contributed by atoms with Crippen LogP contribution < -0.4 is 22.7 Å². The molecule has 8 unspecified atom stereocenters. The van der Waals surface area contributed by atoms with E-state index in [0.29, 0.717) is 0 Å². The number of aliphatic hydroxyl groups is 3. The van der Waals surface area contributed by atoms with Gasteiger partial charge in [-0.1, -0.05) is 0 Å². The van der Waals surface area contributed by atoms with Crippen LogP contribution in [0.3, 0.4) is 0 Å². The summed E-state index contributed by atoms with van der Waals surface area (Å²) >= 11 is 0. The molecule has 0 saturated carbocycles. The van der Waals surface area contributed by atoms with Crippen molar-refractivity contribution in [1.29, 1.82) is 0 Å². The Bertz CT molecular complexity index is 1320.